The van der Waals surface area contributed by atoms with Gasteiger partial charge in [-0.15, -0.1) is 0 Å². The number of nitriles is 1. The number of nitrogens with one attached hydrogen (secondary N) is 1. The Hall–Kier alpha value is -2.78. The zero-order valence-corrected chi connectivity index (χ0v) is 18.6. The Morgan fingerprint density at radius 2 is 1.70 bits per heavy atom. The lowest BCUT2D eigenvalue weighted by atomic mass is 10.0. The molecule has 0 saturated carbocycles. The van der Waals surface area contributed by atoms with Crippen LogP contribution in [-0.4, -0.2) is 12.5 Å². The SMILES string of the molecule is N#C/C(=C\c1cc(Cl)ccc1OCC(=O)Nc1ccc(Cl)cc1)c1ccc(Br)cc1. The average molecular weight is 502 g/mol. The number of nitrogens with zero attached hydrogens (tertiary/aromatic N) is 1. The van der Waals surface area contributed by atoms with Gasteiger partial charge >= 0.3 is 0 Å². The summed E-state index contributed by atoms with van der Waals surface area (Å²) in [6, 6.07) is 21.4. The molecule has 7 heteroatoms. The fourth-order valence-electron chi connectivity index (χ4n) is 2.60. The summed E-state index contributed by atoms with van der Waals surface area (Å²) >= 11 is 15.4. The van der Waals surface area contributed by atoms with E-state index >= 15 is 0 Å². The third-order valence-electron chi connectivity index (χ3n) is 4.03. The van der Waals surface area contributed by atoms with Crippen molar-refractivity contribution in [3.63, 3.8) is 0 Å². The molecule has 0 atom stereocenters. The van der Waals surface area contributed by atoms with E-state index in [0.717, 1.165) is 10.0 Å². The van der Waals surface area contributed by atoms with Crippen LogP contribution in [0.25, 0.3) is 11.6 Å². The van der Waals surface area contributed by atoms with Crippen LogP contribution in [-0.2, 0) is 4.79 Å². The second-order valence-electron chi connectivity index (χ2n) is 6.20. The molecule has 30 heavy (non-hydrogen) atoms. The van der Waals surface area contributed by atoms with Crippen LogP contribution < -0.4 is 10.1 Å². The predicted octanol–water partition coefficient (Wildman–Crippen LogP) is 6.84. The number of benzene rings is 3. The van der Waals surface area contributed by atoms with Gasteiger partial charge in [0.2, 0.25) is 0 Å². The van der Waals surface area contributed by atoms with Gasteiger partial charge in [-0.2, -0.15) is 5.26 Å². The van der Waals surface area contributed by atoms with Crippen LogP contribution in [0.3, 0.4) is 0 Å². The molecule has 0 spiro atoms. The Bertz CT molecular complexity index is 1120. The largest absolute Gasteiger partial charge is 0.483 e. The fraction of sp³-hybridized carbons (Fsp3) is 0.0435. The summed E-state index contributed by atoms with van der Waals surface area (Å²) < 4.78 is 6.61. The first-order chi connectivity index (χ1) is 14.4. The van der Waals surface area contributed by atoms with Gasteiger partial charge in [-0.05, 0) is 66.2 Å². The first kappa shape index (κ1) is 21.9. The minimum atomic E-state index is -0.324. The van der Waals surface area contributed by atoms with Gasteiger partial charge in [0.05, 0.1) is 11.6 Å². The smallest absolute Gasteiger partial charge is 0.262 e. The minimum Gasteiger partial charge on any atom is -0.483 e. The summed E-state index contributed by atoms with van der Waals surface area (Å²) in [6.07, 6.45) is 1.68. The molecule has 0 aliphatic heterocycles. The van der Waals surface area contributed by atoms with E-state index in [9.17, 15) is 10.1 Å². The Morgan fingerprint density at radius 1 is 1.03 bits per heavy atom. The topological polar surface area (TPSA) is 62.1 Å². The highest BCUT2D eigenvalue weighted by atomic mass is 79.9. The van der Waals surface area contributed by atoms with E-state index in [-0.39, 0.29) is 12.5 Å². The molecule has 0 fully saturated rings. The first-order valence-corrected chi connectivity index (χ1v) is 10.3. The molecule has 150 valence electrons. The molecule has 4 nitrogen and oxygen atoms in total. The molecule has 0 aromatic heterocycles. The van der Waals surface area contributed by atoms with Crippen LogP contribution >= 0.6 is 39.1 Å². The Balaban J connectivity index is 1.77. The molecule has 1 amide bonds. The molecule has 3 rings (SSSR count). The van der Waals surface area contributed by atoms with Crippen molar-refractivity contribution in [3.05, 3.63) is 92.4 Å². The number of carbonyl (C=O) groups excluding carboxylic acids is 1. The highest BCUT2D eigenvalue weighted by molar-refractivity contribution is 9.10. The Kier molecular flexibility index (Phi) is 7.53. The molecule has 0 aliphatic rings. The molecule has 0 unspecified atom stereocenters. The maximum atomic E-state index is 12.2. The normalized spacial score (nSPS) is 10.9. The lowest BCUT2D eigenvalue weighted by Gasteiger charge is -2.11. The molecule has 0 aliphatic carbocycles. The molecule has 0 radical (unpaired) electrons. The van der Waals surface area contributed by atoms with E-state index in [2.05, 4.69) is 27.3 Å². The van der Waals surface area contributed by atoms with Gasteiger partial charge in [0, 0.05) is 25.8 Å². The fourth-order valence-corrected chi connectivity index (χ4v) is 3.17. The van der Waals surface area contributed by atoms with Gasteiger partial charge in [-0.25, -0.2) is 0 Å². The number of rotatable bonds is 6. The van der Waals surface area contributed by atoms with E-state index < -0.39 is 0 Å². The lowest BCUT2D eigenvalue weighted by Crippen LogP contribution is -2.20. The molecular formula is C23H15BrCl2N2O2. The van der Waals surface area contributed by atoms with Gasteiger partial charge in [0.15, 0.2) is 6.61 Å². The zero-order chi connectivity index (χ0) is 21.5. The number of ether oxygens (including phenoxy) is 1. The van der Waals surface area contributed by atoms with Gasteiger partial charge < -0.3 is 10.1 Å². The average Bonchev–Trinajstić information content (AvgIpc) is 2.74. The second kappa shape index (κ2) is 10.3. The summed E-state index contributed by atoms with van der Waals surface area (Å²) in [5, 5.41) is 13.4. The van der Waals surface area contributed by atoms with Crippen molar-refractivity contribution in [1.29, 1.82) is 5.26 Å². The van der Waals surface area contributed by atoms with E-state index in [0.29, 0.717) is 32.6 Å². The highest BCUT2D eigenvalue weighted by Gasteiger charge is 2.09. The third-order valence-corrected chi connectivity index (χ3v) is 5.05. The minimum absolute atomic E-state index is 0.203. The van der Waals surface area contributed by atoms with Crippen molar-refractivity contribution in [2.75, 3.05) is 11.9 Å². The number of carbonyl (C=O) groups is 1. The Morgan fingerprint density at radius 3 is 2.37 bits per heavy atom. The Labute approximate surface area is 192 Å². The van der Waals surface area contributed by atoms with Crippen LogP contribution in [0.15, 0.2) is 71.2 Å². The number of hydrogen-bond acceptors (Lipinski definition) is 3. The number of amides is 1. The molecular weight excluding hydrogens is 487 g/mol. The van der Waals surface area contributed by atoms with Crippen molar-refractivity contribution in [2.45, 2.75) is 0 Å². The van der Waals surface area contributed by atoms with Gasteiger partial charge in [-0.3, -0.25) is 4.79 Å². The van der Waals surface area contributed by atoms with E-state index in [1.807, 2.05) is 24.3 Å². The molecule has 0 heterocycles. The molecule has 0 saturated heterocycles. The summed E-state index contributed by atoms with van der Waals surface area (Å²) in [7, 11) is 0. The third kappa shape index (κ3) is 6.11. The van der Waals surface area contributed by atoms with E-state index in [1.54, 1.807) is 48.5 Å². The van der Waals surface area contributed by atoms with Gasteiger partial charge in [0.25, 0.3) is 5.91 Å². The van der Waals surface area contributed by atoms with Crippen LogP contribution in [0.1, 0.15) is 11.1 Å². The van der Waals surface area contributed by atoms with Crippen molar-refractivity contribution < 1.29 is 9.53 Å². The predicted molar refractivity (Wildman–Crippen MR) is 125 cm³/mol. The number of anilines is 1. The molecule has 3 aromatic carbocycles. The first-order valence-electron chi connectivity index (χ1n) is 8.80. The highest BCUT2D eigenvalue weighted by Crippen LogP contribution is 2.28. The zero-order valence-electron chi connectivity index (χ0n) is 15.5. The summed E-state index contributed by atoms with van der Waals surface area (Å²) in [6.45, 7) is -0.203. The van der Waals surface area contributed by atoms with E-state index in [1.165, 1.54) is 0 Å². The quantitative estimate of drug-likeness (QED) is 0.297. The number of hydrogen-bond donors (Lipinski definition) is 1. The standard InChI is InChI=1S/C23H15BrCl2N2O2/c24-18-3-1-15(2-4-18)17(13-27)11-16-12-20(26)7-10-22(16)30-14-23(29)28-21-8-5-19(25)6-9-21/h1-12H,14H2,(H,28,29)/b17-11+. The van der Waals surface area contributed by atoms with E-state index in [4.69, 9.17) is 27.9 Å². The monoisotopic (exact) mass is 500 g/mol. The molecule has 3 aromatic rings. The summed E-state index contributed by atoms with van der Waals surface area (Å²) in [4.78, 5) is 12.2. The maximum absolute atomic E-state index is 12.2. The second-order valence-corrected chi connectivity index (χ2v) is 7.99. The summed E-state index contributed by atoms with van der Waals surface area (Å²) in [5.41, 5.74) is 2.42. The lowest BCUT2D eigenvalue weighted by molar-refractivity contribution is -0.118. The van der Waals surface area contributed by atoms with Crippen molar-refractivity contribution >= 4 is 62.4 Å². The van der Waals surface area contributed by atoms with Crippen LogP contribution in [0.4, 0.5) is 5.69 Å². The van der Waals surface area contributed by atoms with Crippen LogP contribution in [0.5, 0.6) is 5.75 Å². The number of halogens is 3. The molecule has 1 N–H and O–H groups in total. The van der Waals surface area contributed by atoms with Crippen molar-refractivity contribution in [1.82, 2.24) is 0 Å². The van der Waals surface area contributed by atoms with Crippen LogP contribution in [0, 0.1) is 11.3 Å². The number of allylic oxidation sites excluding steroid dienone is 1. The van der Waals surface area contributed by atoms with Crippen LogP contribution in [0.2, 0.25) is 10.0 Å². The van der Waals surface area contributed by atoms with Crippen molar-refractivity contribution in [3.8, 4) is 11.8 Å². The van der Waals surface area contributed by atoms with Crippen molar-refractivity contribution in [2.24, 2.45) is 0 Å². The molecule has 0 bridgehead atoms. The maximum Gasteiger partial charge on any atom is 0.262 e. The van der Waals surface area contributed by atoms with Gasteiger partial charge in [-0.1, -0.05) is 51.3 Å². The van der Waals surface area contributed by atoms with Gasteiger partial charge in [0.1, 0.15) is 5.75 Å². The summed E-state index contributed by atoms with van der Waals surface area (Å²) in [5.74, 6) is 0.117.